The zero-order valence-corrected chi connectivity index (χ0v) is 15.7. The topological polar surface area (TPSA) is 15.3 Å². The molecule has 0 unspecified atom stereocenters. The Balaban J connectivity index is 1.88. The minimum Gasteiger partial charge on any atom is -0.374 e. The second-order valence-corrected chi connectivity index (χ2v) is 12.2. The van der Waals surface area contributed by atoms with Crippen LogP contribution in [0, 0.1) is 31.1 Å². The molecule has 1 saturated heterocycles. The van der Waals surface area contributed by atoms with Gasteiger partial charge >= 0.3 is 0 Å². The minimum atomic E-state index is -1.67. The Kier molecular flexibility index (Phi) is 4.32. The average Bonchev–Trinajstić information content (AvgIpc) is 3.06. The van der Waals surface area contributed by atoms with E-state index in [1.54, 1.807) is 0 Å². The van der Waals surface area contributed by atoms with Crippen molar-refractivity contribution in [2.75, 3.05) is 13.1 Å². The molecule has 2 nitrogen and oxygen atoms in total. The van der Waals surface area contributed by atoms with E-state index in [-0.39, 0.29) is 5.54 Å². The van der Waals surface area contributed by atoms with Gasteiger partial charge in [0.2, 0.25) is 0 Å². The predicted octanol–water partition coefficient (Wildman–Crippen LogP) is 3.81. The standard InChI is InChI=1S/C19H29N2Si/c1-19(2,3)20-22(4,5)18-12-11-17(21-13-6-7-14-21)15-9-8-10-16(15)18/h8-12,20H,6-7,13-14H2,1-5H3. The van der Waals surface area contributed by atoms with E-state index in [4.69, 9.17) is 0 Å². The summed E-state index contributed by atoms with van der Waals surface area (Å²) in [4.78, 5) is 6.46. The Morgan fingerprint density at radius 3 is 2.27 bits per heavy atom. The van der Waals surface area contributed by atoms with Crippen LogP contribution in [0.3, 0.4) is 0 Å². The van der Waals surface area contributed by atoms with Crippen molar-refractivity contribution in [1.82, 2.24) is 9.88 Å². The third kappa shape index (κ3) is 3.21. The highest BCUT2D eigenvalue weighted by Gasteiger charge is 2.44. The molecule has 0 spiro atoms. The number of likely N-dealkylation sites (tertiary alicyclic amines) is 1. The Morgan fingerprint density at radius 2 is 1.64 bits per heavy atom. The van der Waals surface area contributed by atoms with Crippen molar-refractivity contribution in [1.29, 1.82) is 0 Å². The van der Waals surface area contributed by atoms with E-state index in [2.05, 4.69) is 75.2 Å². The zero-order valence-electron chi connectivity index (χ0n) is 14.7. The lowest BCUT2D eigenvalue weighted by molar-refractivity contribution is 0.424. The third-order valence-electron chi connectivity index (χ3n) is 4.60. The van der Waals surface area contributed by atoms with Crippen LogP contribution in [-0.2, 0) is 0 Å². The van der Waals surface area contributed by atoms with Gasteiger partial charge in [0.05, 0.1) is 0 Å². The molecule has 3 heteroatoms. The summed E-state index contributed by atoms with van der Waals surface area (Å²) in [5.41, 5.74) is 1.59. The summed E-state index contributed by atoms with van der Waals surface area (Å²) in [5, 5.41) is 1.53. The van der Waals surface area contributed by atoms with Gasteiger partial charge < -0.3 is 9.88 Å². The van der Waals surface area contributed by atoms with Crippen molar-refractivity contribution in [2.24, 2.45) is 0 Å². The number of nitrogens with zero attached hydrogens (tertiary/aromatic N) is 1. The summed E-state index contributed by atoms with van der Waals surface area (Å²) in [6.45, 7) is 14.1. The Bertz CT molecular complexity index is 478. The van der Waals surface area contributed by atoms with Crippen LogP contribution in [0.5, 0.6) is 0 Å². The van der Waals surface area contributed by atoms with Gasteiger partial charge in [-0.2, -0.15) is 0 Å². The number of fused-ring (bicyclic) bond motifs is 1. The lowest BCUT2D eigenvalue weighted by Crippen LogP contribution is -2.57. The van der Waals surface area contributed by atoms with Crippen LogP contribution in [0.15, 0.2) is 23.0 Å². The summed E-state index contributed by atoms with van der Waals surface area (Å²) in [5.74, 6) is 2.90. The van der Waals surface area contributed by atoms with Crippen molar-refractivity contribution in [3.8, 4) is 0 Å². The Labute approximate surface area is 138 Å². The van der Waals surface area contributed by atoms with Gasteiger partial charge in [0.15, 0.2) is 0 Å². The minimum absolute atomic E-state index is 0.155. The van der Waals surface area contributed by atoms with Gasteiger partial charge in [-0.05, 0) is 59.0 Å². The Hall–Kier alpha value is -0.543. The molecule has 119 valence electrons. The van der Waals surface area contributed by atoms with E-state index in [0.29, 0.717) is 0 Å². The van der Waals surface area contributed by atoms with E-state index in [1.807, 2.05) is 0 Å². The van der Waals surface area contributed by atoms with Gasteiger partial charge in [0, 0.05) is 36.2 Å². The number of nitrogens with one attached hydrogen (secondary N) is 1. The molecule has 0 aromatic carbocycles. The summed E-state index contributed by atoms with van der Waals surface area (Å²) >= 11 is 0. The first-order valence-corrected chi connectivity index (χ1v) is 11.5. The van der Waals surface area contributed by atoms with Gasteiger partial charge in [0.1, 0.15) is 8.24 Å². The lowest BCUT2D eigenvalue weighted by atomic mass is 9.87. The maximum Gasteiger partial charge on any atom is 0.148 e. The molecule has 0 atom stereocenters. The van der Waals surface area contributed by atoms with Gasteiger partial charge in [-0.3, -0.25) is 0 Å². The van der Waals surface area contributed by atoms with Crippen LogP contribution >= 0.6 is 0 Å². The molecular formula is C19H29N2Si. The fourth-order valence-corrected chi connectivity index (χ4v) is 7.40. The summed E-state index contributed by atoms with van der Waals surface area (Å²) in [7, 11) is -1.67. The fraction of sp³-hybridized carbons (Fsp3) is 0.526. The second-order valence-electron chi connectivity index (χ2n) is 8.18. The molecule has 0 aromatic rings. The molecule has 0 amide bonds. The molecule has 2 aliphatic carbocycles. The van der Waals surface area contributed by atoms with Crippen LogP contribution in [0.2, 0.25) is 13.1 Å². The molecule has 22 heavy (non-hydrogen) atoms. The first-order chi connectivity index (χ1) is 10.3. The maximum absolute atomic E-state index is 3.91. The van der Waals surface area contributed by atoms with E-state index in [0.717, 1.165) is 0 Å². The number of hydrogen-bond acceptors (Lipinski definition) is 2. The molecule has 1 aliphatic heterocycles. The van der Waals surface area contributed by atoms with Crippen LogP contribution in [0.25, 0.3) is 0 Å². The summed E-state index contributed by atoms with van der Waals surface area (Å²) < 4.78 is 0. The van der Waals surface area contributed by atoms with Crippen molar-refractivity contribution in [2.45, 2.75) is 52.2 Å². The van der Waals surface area contributed by atoms with E-state index < -0.39 is 8.24 Å². The number of hydrogen-bond donors (Lipinski definition) is 1. The molecule has 1 N–H and O–H groups in total. The predicted molar refractivity (Wildman–Crippen MR) is 96.7 cm³/mol. The van der Waals surface area contributed by atoms with Crippen LogP contribution < -0.4 is 4.98 Å². The molecular weight excluding hydrogens is 284 g/mol. The first kappa shape index (κ1) is 16.3. The van der Waals surface area contributed by atoms with Crippen molar-refractivity contribution < 1.29 is 0 Å². The fourth-order valence-electron chi connectivity index (χ4n) is 4.00. The van der Waals surface area contributed by atoms with E-state index in [9.17, 15) is 0 Å². The summed E-state index contributed by atoms with van der Waals surface area (Å²) in [6.07, 6.45) is 14.2. The molecule has 0 aromatic heterocycles. The van der Waals surface area contributed by atoms with Crippen molar-refractivity contribution in [3.05, 3.63) is 54.1 Å². The summed E-state index contributed by atoms with van der Waals surface area (Å²) in [6, 6.07) is 0. The third-order valence-corrected chi connectivity index (χ3v) is 7.76. The van der Waals surface area contributed by atoms with Crippen molar-refractivity contribution >= 4 is 8.24 Å². The van der Waals surface area contributed by atoms with Gasteiger partial charge in [0.25, 0.3) is 0 Å². The first-order valence-electron chi connectivity index (χ1n) is 8.51. The molecule has 1 saturated carbocycles. The highest BCUT2D eigenvalue weighted by molar-refractivity contribution is 6.83. The maximum atomic E-state index is 3.91. The van der Waals surface area contributed by atoms with Crippen LogP contribution in [0.1, 0.15) is 33.6 Å². The van der Waals surface area contributed by atoms with Crippen molar-refractivity contribution in [3.63, 3.8) is 0 Å². The molecule has 0 bridgehead atoms. The second kappa shape index (κ2) is 5.83. The van der Waals surface area contributed by atoms with E-state index >= 15 is 0 Å². The molecule has 5 radical (unpaired) electrons. The highest BCUT2D eigenvalue weighted by Crippen LogP contribution is 2.48. The van der Waals surface area contributed by atoms with Gasteiger partial charge in [-0.25, -0.2) is 0 Å². The number of rotatable bonds is 3. The van der Waals surface area contributed by atoms with E-state index in [1.165, 1.54) is 48.7 Å². The smallest absolute Gasteiger partial charge is 0.148 e. The largest absolute Gasteiger partial charge is 0.374 e. The van der Waals surface area contributed by atoms with Gasteiger partial charge in [-0.1, -0.05) is 24.4 Å². The monoisotopic (exact) mass is 313 g/mol. The highest BCUT2D eigenvalue weighted by atomic mass is 28.3. The Morgan fingerprint density at radius 1 is 1.00 bits per heavy atom. The van der Waals surface area contributed by atoms with Crippen LogP contribution in [-0.4, -0.2) is 31.8 Å². The lowest BCUT2D eigenvalue weighted by Gasteiger charge is -2.41. The molecule has 2 fully saturated rings. The molecule has 3 rings (SSSR count). The number of allylic oxidation sites excluding steroid dienone is 4. The molecule has 1 heterocycles. The molecule has 3 aliphatic rings. The van der Waals surface area contributed by atoms with Gasteiger partial charge in [-0.15, -0.1) is 0 Å². The average molecular weight is 314 g/mol. The SMILES string of the molecule is CC(C)(C)N[Si](C)(C)C1=CC=C(N2CCCC2)[C]2[CH][CH][CH][C]21. The van der Waals surface area contributed by atoms with Crippen LogP contribution in [0.4, 0.5) is 0 Å². The quantitative estimate of drug-likeness (QED) is 0.797. The normalized spacial score (nSPS) is 24.5. The zero-order chi connectivity index (χ0) is 16.0.